The van der Waals surface area contributed by atoms with Crippen LogP contribution in [0.15, 0.2) is 34.4 Å². The standard InChI is InChI=1S/C11H12N2O2S/c1-8(11-12-4-6-16-11)7-13-10(14)9-3-2-5-15-9/h2-6,8H,7H2,1H3,(H,13,14). The summed E-state index contributed by atoms with van der Waals surface area (Å²) in [5.74, 6) is 0.374. The quantitative estimate of drug-likeness (QED) is 0.886. The molecule has 1 unspecified atom stereocenters. The van der Waals surface area contributed by atoms with Crippen LogP contribution in [-0.2, 0) is 0 Å². The minimum Gasteiger partial charge on any atom is -0.459 e. The van der Waals surface area contributed by atoms with Gasteiger partial charge in [0.05, 0.1) is 11.3 Å². The van der Waals surface area contributed by atoms with Crippen molar-refractivity contribution in [2.45, 2.75) is 12.8 Å². The second kappa shape index (κ2) is 4.94. The zero-order valence-corrected chi connectivity index (χ0v) is 9.66. The molecule has 0 saturated heterocycles. The topological polar surface area (TPSA) is 55.1 Å². The number of hydrogen-bond donors (Lipinski definition) is 1. The third kappa shape index (κ3) is 2.49. The first-order valence-electron chi connectivity index (χ1n) is 4.98. The van der Waals surface area contributed by atoms with Crippen LogP contribution in [0.1, 0.15) is 28.4 Å². The summed E-state index contributed by atoms with van der Waals surface area (Å²) >= 11 is 1.59. The summed E-state index contributed by atoms with van der Waals surface area (Å²) in [6, 6.07) is 3.34. The van der Waals surface area contributed by atoms with Gasteiger partial charge in [0.1, 0.15) is 0 Å². The SMILES string of the molecule is CC(CNC(=O)c1ccco1)c1nccs1. The highest BCUT2D eigenvalue weighted by atomic mass is 32.1. The maximum atomic E-state index is 11.6. The van der Waals surface area contributed by atoms with Crippen molar-refractivity contribution in [2.24, 2.45) is 0 Å². The summed E-state index contributed by atoms with van der Waals surface area (Å²) in [6.45, 7) is 2.59. The summed E-state index contributed by atoms with van der Waals surface area (Å²) in [5, 5.41) is 5.77. The van der Waals surface area contributed by atoms with Gasteiger partial charge in [0.15, 0.2) is 5.76 Å². The minimum absolute atomic E-state index is 0.187. The molecule has 0 aromatic carbocycles. The molecular weight excluding hydrogens is 224 g/mol. The second-order valence-corrected chi connectivity index (χ2v) is 4.38. The van der Waals surface area contributed by atoms with E-state index in [1.54, 1.807) is 29.7 Å². The van der Waals surface area contributed by atoms with E-state index in [1.165, 1.54) is 6.26 Å². The van der Waals surface area contributed by atoms with E-state index in [9.17, 15) is 4.79 Å². The smallest absolute Gasteiger partial charge is 0.286 e. The summed E-state index contributed by atoms with van der Waals surface area (Å²) in [5.41, 5.74) is 0. The van der Waals surface area contributed by atoms with E-state index in [4.69, 9.17) is 4.42 Å². The van der Waals surface area contributed by atoms with Gasteiger partial charge in [-0.3, -0.25) is 4.79 Å². The largest absolute Gasteiger partial charge is 0.459 e. The third-order valence-electron chi connectivity index (χ3n) is 2.19. The fourth-order valence-corrected chi connectivity index (χ4v) is 2.00. The number of aromatic nitrogens is 1. The van der Waals surface area contributed by atoms with Crippen molar-refractivity contribution in [2.75, 3.05) is 6.54 Å². The van der Waals surface area contributed by atoms with Crippen LogP contribution < -0.4 is 5.32 Å². The molecule has 0 radical (unpaired) electrons. The molecule has 0 aliphatic heterocycles. The Morgan fingerprint density at radius 2 is 2.56 bits per heavy atom. The van der Waals surface area contributed by atoms with Crippen LogP contribution >= 0.6 is 11.3 Å². The van der Waals surface area contributed by atoms with Crippen molar-refractivity contribution in [1.82, 2.24) is 10.3 Å². The molecule has 0 aliphatic rings. The van der Waals surface area contributed by atoms with E-state index in [1.807, 2.05) is 12.3 Å². The lowest BCUT2D eigenvalue weighted by molar-refractivity contribution is 0.0924. The van der Waals surface area contributed by atoms with E-state index < -0.39 is 0 Å². The van der Waals surface area contributed by atoms with E-state index >= 15 is 0 Å². The highest BCUT2D eigenvalue weighted by Gasteiger charge is 2.12. The van der Waals surface area contributed by atoms with E-state index in [0.717, 1.165) is 5.01 Å². The molecule has 1 N–H and O–H groups in total. The Bertz CT molecular complexity index is 437. The van der Waals surface area contributed by atoms with E-state index in [0.29, 0.717) is 12.3 Å². The van der Waals surface area contributed by atoms with Crippen molar-refractivity contribution in [3.05, 3.63) is 40.7 Å². The Balaban J connectivity index is 1.86. The first-order valence-corrected chi connectivity index (χ1v) is 5.86. The summed E-state index contributed by atoms with van der Waals surface area (Å²) in [6.07, 6.45) is 3.25. The number of thiazole rings is 1. The van der Waals surface area contributed by atoms with Crippen LogP contribution in [0.3, 0.4) is 0 Å². The van der Waals surface area contributed by atoms with Gasteiger partial charge in [-0.2, -0.15) is 0 Å². The first kappa shape index (κ1) is 10.9. The lowest BCUT2D eigenvalue weighted by Gasteiger charge is -2.08. The van der Waals surface area contributed by atoms with Crippen LogP contribution in [0.2, 0.25) is 0 Å². The van der Waals surface area contributed by atoms with Crippen LogP contribution in [-0.4, -0.2) is 17.4 Å². The molecule has 2 aromatic rings. The van der Waals surface area contributed by atoms with Gasteiger partial charge in [0.25, 0.3) is 5.91 Å². The number of furan rings is 1. The molecule has 0 saturated carbocycles. The van der Waals surface area contributed by atoms with Crippen molar-refractivity contribution in [1.29, 1.82) is 0 Å². The molecule has 0 aliphatic carbocycles. The monoisotopic (exact) mass is 236 g/mol. The third-order valence-corrected chi connectivity index (χ3v) is 3.19. The van der Waals surface area contributed by atoms with Gasteiger partial charge in [0, 0.05) is 24.0 Å². The number of nitrogens with zero attached hydrogens (tertiary/aromatic N) is 1. The predicted octanol–water partition coefficient (Wildman–Crippen LogP) is 2.27. The van der Waals surface area contributed by atoms with Crippen LogP contribution in [0.5, 0.6) is 0 Å². The number of carbonyl (C=O) groups excluding carboxylic acids is 1. The Kier molecular flexibility index (Phi) is 3.36. The van der Waals surface area contributed by atoms with Gasteiger partial charge in [-0.1, -0.05) is 6.92 Å². The molecule has 2 rings (SSSR count). The molecular formula is C11H12N2O2S. The molecule has 84 valence electrons. The molecule has 1 atom stereocenters. The average molecular weight is 236 g/mol. The van der Waals surface area contributed by atoms with Gasteiger partial charge in [0.2, 0.25) is 0 Å². The number of nitrogens with one attached hydrogen (secondary N) is 1. The Morgan fingerprint density at radius 3 is 3.19 bits per heavy atom. The van der Waals surface area contributed by atoms with E-state index in [2.05, 4.69) is 10.3 Å². The van der Waals surface area contributed by atoms with Crippen LogP contribution in [0, 0.1) is 0 Å². The van der Waals surface area contributed by atoms with Crippen molar-refractivity contribution in [3.8, 4) is 0 Å². The Hall–Kier alpha value is -1.62. The molecule has 0 spiro atoms. The normalized spacial score (nSPS) is 12.3. The van der Waals surface area contributed by atoms with Gasteiger partial charge in [-0.05, 0) is 12.1 Å². The van der Waals surface area contributed by atoms with Crippen molar-refractivity contribution in [3.63, 3.8) is 0 Å². The number of hydrogen-bond acceptors (Lipinski definition) is 4. The summed E-state index contributed by atoms with van der Waals surface area (Å²) in [7, 11) is 0. The fourth-order valence-electron chi connectivity index (χ4n) is 1.31. The highest BCUT2D eigenvalue weighted by Crippen LogP contribution is 2.16. The lowest BCUT2D eigenvalue weighted by atomic mass is 10.2. The van der Waals surface area contributed by atoms with Crippen LogP contribution in [0.25, 0.3) is 0 Å². The molecule has 5 heteroatoms. The van der Waals surface area contributed by atoms with Gasteiger partial charge in [-0.25, -0.2) is 4.98 Å². The Morgan fingerprint density at radius 1 is 1.69 bits per heavy atom. The predicted molar refractivity (Wildman–Crippen MR) is 61.6 cm³/mol. The average Bonchev–Trinajstić information content (AvgIpc) is 2.95. The molecule has 0 fully saturated rings. The molecule has 4 nitrogen and oxygen atoms in total. The fraction of sp³-hybridized carbons (Fsp3) is 0.273. The van der Waals surface area contributed by atoms with Crippen LogP contribution in [0.4, 0.5) is 0 Å². The number of rotatable bonds is 4. The van der Waals surface area contributed by atoms with Gasteiger partial charge in [-0.15, -0.1) is 11.3 Å². The maximum absolute atomic E-state index is 11.6. The zero-order valence-electron chi connectivity index (χ0n) is 8.84. The summed E-state index contributed by atoms with van der Waals surface area (Å²) in [4.78, 5) is 15.8. The first-order chi connectivity index (χ1) is 7.77. The molecule has 16 heavy (non-hydrogen) atoms. The van der Waals surface area contributed by atoms with E-state index in [-0.39, 0.29) is 11.8 Å². The second-order valence-electron chi connectivity index (χ2n) is 3.46. The summed E-state index contributed by atoms with van der Waals surface area (Å²) < 4.78 is 4.99. The number of carbonyl (C=O) groups is 1. The number of amides is 1. The molecule has 0 bridgehead atoms. The molecule has 2 aromatic heterocycles. The zero-order chi connectivity index (χ0) is 11.4. The maximum Gasteiger partial charge on any atom is 0.286 e. The highest BCUT2D eigenvalue weighted by molar-refractivity contribution is 7.09. The van der Waals surface area contributed by atoms with Gasteiger partial charge >= 0.3 is 0 Å². The molecule has 2 heterocycles. The van der Waals surface area contributed by atoms with Gasteiger partial charge < -0.3 is 9.73 Å². The molecule has 1 amide bonds. The lowest BCUT2D eigenvalue weighted by Crippen LogP contribution is -2.27. The minimum atomic E-state index is -0.187. The Labute approximate surface area is 97.3 Å². The van der Waals surface area contributed by atoms with Crippen molar-refractivity contribution >= 4 is 17.2 Å². The van der Waals surface area contributed by atoms with Crippen molar-refractivity contribution < 1.29 is 9.21 Å².